The second-order valence-electron chi connectivity index (χ2n) is 6.42. The molecular formula is C18H24N2O4. The zero-order valence-electron chi connectivity index (χ0n) is 14.2. The van der Waals surface area contributed by atoms with E-state index >= 15 is 0 Å². The van der Waals surface area contributed by atoms with Crippen molar-refractivity contribution in [3.8, 4) is 0 Å². The lowest BCUT2D eigenvalue weighted by Gasteiger charge is -2.30. The van der Waals surface area contributed by atoms with Crippen LogP contribution in [0.2, 0.25) is 0 Å². The van der Waals surface area contributed by atoms with Crippen LogP contribution in [0.5, 0.6) is 0 Å². The van der Waals surface area contributed by atoms with E-state index in [1.165, 1.54) is 0 Å². The third kappa shape index (κ3) is 3.53. The van der Waals surface area contributed by atoms with E-state index in [9.17, 15) is 9.90 Å². The number of carbonyl (C=O) groups is 1. The lowest BCUT2D eigenvalue weighted by atomic mass is 10.0. The summed E-state index contributed by atoms with van der Waals surface area (Å²) in [6, 6.07) is 3.48. The van der Waals surface area contributed by atoms with Gasteiger partial charge in [-0.25, -0.2) is 4.98 Å². The fourth-order valence-electron chi connectivity index (χ4n) is 3.40. The summed E-state index contributed by atoms with van der Waals surface area (Å²) in [5, 5.41) is 10.4. The number of carbonyl (C=O) groups excluding carboxylic acids is 1. The normalized spacial score (nSPS) is 20.0. The average molecular weight is 332 g/mol. The molecule has 1 aliphatic rings. The average Bonchev–Trinajstić information content (AvgIpc) is 3.13. The molecule has 130 valence electrons. The summed E-state index contributed by atoms with van der Waals surface area (Å²) in [5.41, 5.74) is 0.618. The summed E-state index contributed by atoms with van der Waals surface area (Å²) in [4.78, 5) is 19.0. The summed E-state index contributed by atoms with van der Waals surface area (Å²) in [5.74, 6) is 1.22. The molecule has 2 aromatic heterocycles. The van der Waals surface area contributed by atoms with E-state index in [2.05, 4.69) is 4.98 Å². The summed E-state index contributed by atoms with van der Waals surface area (Å²) < 4.78 is 10.8. The van der Waals surface area contributed by atoms with Gasteiger partial charge in [0.1, 0.15) is 11.9 Å². The maximum atomic E-state index is 13.0. The molecule has 1 N–H and O–H groups in total. The van der Waals surface area contributed by atoms with Gasteiger partial charge in [-0.3, -0.25) is 4.79 Å². The van der Waals surface area contributed by atoms with E-state index in [1.54, 1.807) is 32.2 Å². The highest BCUT2D eigenvalue weighted by Crippen LogP contribution is 2.28. The second-order valence-corrected chi connectivity index (χ2v) is 6.42. The van der Waals surface area contributed by atoms with Crippen LogP contribution in [-0.2, 0) is 0 Å². The Morgan fingerprint density at radius 1 is 1.42 bits per heavy atom. The van der Waals surface area contributed by atoms with Crippen LogP contribution in [0.15, 0.2) is 27.2 Å². The third-order valence-electron chi connectivity index (χ3n) is 4.60. The quantitative estimate of drug-likeness (QED) is 0.928. The minimum absolute atomic E-state index is 0.0371. The van der Waals surface area contributed by atoms with Gasteiger partial charge in [0.05, 0.1) is 12.0 Å². The summed E-state index contributed by atoms with van der Waals surface area (Å²) in [6.07, 6.45) is 5.27. The number of rotatable bonds is 4. The van der Waals surface area contributed by atoms with Crippen LogP contribution in [0.3, 0.4) is 0 Å². The molecule has 0 bridgehead atoms. The number of hydrogen-bond acceptors (Lipinski definition) is 5. The number of aromatic nitrogens is 1. The van der Waals surface area contributed by atoms with Gasteiger partial charge in [0.15, 0.2) is 5.89 Å². The molecule has 0 saturated carbocycles. The van der Waals surface area contributed by atoms with Crippen molar-refractivity contribution in [1.29, 1.82) is 0 Å². The summed E-state index contributed by atoms with van der Waals surface area (Å²) in [6.45, 7) is 4.20. The lowest BCUT2D eigenvalue weighted by Crippen LogP contribution is -2.41. The Morgan fingerprint density at radius 3 is 2.92 bits per heavy atom. The van der Waals surface area contributed by atoms with Crippen LogP contribution < -0.4 is 0 Å². The van der Waals surface area contributed by atoms with E-state index in [0.29, 0.717) is 36.1 Å². The third-order valence-corrected chi connectivity index (χ3v) is 4.60. The first-order chi connectivity index (χ1) is 11.6. The molecule has 6 heteroatoms. The van der Waals surface area contributed by atoms with Gasteiger partial charge in [-0.15, -0.1) is 0 Å². The van der Waals surface area contributed by atoms with E-state index in [-0.39, 0.29) is 11.9 Å². The fourth-order valence-corrected chi connectivity index (χ4v) is 3.40. The van der Waals surface area contributed by atoms with Gasteiger partial charge in [0, 0.05) is 25.9 Å². The monoisotopic (exact) mass is 332 g/mol. The van der Waals surface area contributed by atoms with Gasteiger partial charge >= 0.3 is 0 Å². The molecular weight excluding hydrogens is 308 g/mol. The topological polar surface area (TPSA) is 79.7 Å². The second kappa shape index (κ2) is 7.21. The van der Waals surface area contributed by atoms with E-state index in [0.717, 1.165) is 25.7 Å². The standard InChI is InChI=1S/C18H24N2O4/c1-12-17(24-13(2)19-12)18(22)20-9-5-3-4-7-14(20)11-15(21)16-8-6-10-23-16/h6,8,10,14-15,21H,3-5,7,9,11H2,1-2H3/t14-,15-/m1/s1. The summed E-state index contributed by atoms with van der Waals surface area (Å²) in [7, 11) is 0. The van der Waals surface area contributed by atoms with Gasteiger partial charge in [0.2, 0.25) is 5.76 Å². The Hall–Kier alpha value is -2.08. The molecule has 6 nitrogen and oxygen atoms in total. The predicted molar refractivity (Wildman–Crippen MR) is 87.6 cm³/mol. The number of amides is 1. The predicted octanol–water partition coefficient (Wildman–Crippen LogP) is 3.39. The van der Waals surface area contributed by atoms with Gasteiger partial charge < -0.3 is 18.8 Å². The molecule has 1 amide bonds. The first kappa shape index (κ1) is 16.8. The Morgan fingerprint density at radius 2 is 2.25 bits per heavy atom. The molecule has 24 heavy (non-hydrogen) atoms. The van der Waals surface area contributed by atoms with Crippen LogP contribution in [0.1, 0.15) is 66.1 Å². The van der Waals surface area contributed by atoms with Crippen molar-refractivity contribution in [2.24, 2.45) is 0 Å². The highest BCUT2D eigenvalue weighted by Gasteiger charge is 2.31. The molecule has 1 saturated heterocycles. The molecule has 2 aromatic rings. The molecule has 1 fully saturated rings. The van der Waals surface area contributed by atoms with Crippen molar-refractivity contribution < 1.29 is 18.7 Å². The maximum Gasteiger partial charge on any atom is 0.291 e. The number of aliphatic hydroxyl groups excluding tert-OH is 1. The van der Waals surface area contributed by atoms with E-state index in [4.69, 9.17) is 8.83 Å². The smallest absolute Gasteiger partial charge is 0.291 e. The van der Waals surface area contributed by atoms with Crippen LogP contribution in [0.25, 0.3) is 0 Å². The Labute approximate surface area is 141 Å². The van der Waals surface area contributed by atoms with E-state index < -0.39 is 6.10 Å². The van der Waals surface area contributed by atoms with Crippen molar-refractivity contribution in [3.63, 3.8) is 0 Å². The van der Waals surface area contributed by atoms with Crippen LogP contribution >= 0.6 is 0 Å². The number of furan rings is 1. The molecule has 0 radical (unpaired) electrons. The lowest BCUT2D eigenvalue weighted by molar-refractivity contribution is 0.0527. The van der Waals surface area contributed by atoms with Gasteiger partial charge in [-0.2, -0.15) is 0 Å². The molecule has 0 aromatic carbocycles. The highest BCUT2D eigenvalue weighted by molar-refractivity contribution is 5.92. The highest BCUT2D eigenvalue weighted by atomic mass is 16.4. The molecule has 0 unspecified atom stereocenters. The SMILES string of the molecule is Cc1nc(C)c(C(=O)N2CCCCC[C@@H]2C[C@@H](O)c2ccco2)o1. The Bertz CT molecular complexity index is 677. The number of aryl methyl sites for hydroxylation is 2. The largest absolute Gasteiger partial charge is 0.467 e. The van der Waals surface area contributed by atoms with Gasteiger partial charge in [-0.05, 0) is 31.9 Å². The molecule has 3 heterocycles. The number of aliphatic hydroxyl groups is 1. The van der Waals surface area contributed by atoms with Crippen molar-refractivity contribution >= 4 is 5.91 Å². The minimum atomic E-state index is -0.712. The van der Waals surface area contributed by atoms with Crippen LogP contribution in [0.4, 0.5) is 0 Å². The fraction of sp³-hybridized carbons (Fsp3) is 0.556. The number of nitrogens with zero attached hydrogens (tertiary/aromatic N) is 2. The van der Waals surface area contributed by atoms with Crippen molar-refractivity contribution in [2.45, 2.75) is 58.1 Å². The Kier molecular flexibility index (Phi) is 5.04. The van der Waals surface area contributed by atoms with Crippen molar-refractivity contribution in [2.75, 3.05) is 6.54 Å². The zero-order chi connectivity index (χ0) is 17.1. The van der Waals surface area contributed by atoms with Crippen molar-refractivity contribution in [1.82, 2.24) is 9.88 Å². The first-order valence-electron chi connectivity index (χ1n) is 8.52. The number of hydrogen-bond donors (Lipinski definition) is 1. The first-order valence-corrected chi connectivity index (χ1v) is 8.52. The molecule has 1 aliphatic heterocycles. The molecule has 0 aliphatic carbocycles. The minimum Gasteiger partial charge on any atom is -0.467 e. The van der Waals surface area contributed by atoms with Gasteiger partial charge in [0.25, 0.3) is 5.91 Å². The van der Waals surface area contributed by atoms with Crippen LogP contribution in [0, 0.1) is 13.8 Å². The van der Waals surface area contributed by atoms with E-state index in [1.807, 2.05) is 4.90 Å². The molecule has 0 spiro atoms. The van der Waals surface area contributed by atoms with Crippen molar-refractivity contribution in [3.05, 3.63) is 41.5 Å². The summed E-state index contributed by atoms with van der Waals surface area (Å²) >= 11 is 0. The van der Waals surface area contributed by atoms with Gasteiger partial charge in [-0.1, -0.05) is 12.8 Å². The number of oxazole rings is 1. The maximum absolute atomic E-state index is 13.0. The van der Waals surface area contributed by atoms with Crippen LogP contribution in [-0.4, -0.2) is 33.5 Å². The zero-order valence-corrected chi connectivity index (χ0v) is 14.2. The Balaban J connectivity index is 1.79. The number of likely N-dealkylation sites (tertiary alicyclic amines) is 1. The molecule has 2 atom stereocenters. The molecule has 3 rings (SSSR count).